The van der Waals surface area contributed by atoms with Crippen LogP contribution in [-0.4, -0.2) is 37.7 Å². The summed E-state index contributed by atoms with van der Waals surface area (Å²) >= 11 is 9.20. The molecule has 8 nitrogen and oxygen atoms in total. The van der Waals surface area contributed by atoms with Crippen LogP contribution in [0.5, 0.6) is 11.5 Å². The molecule has 0 saturated heterocycles. The van der Waals surface area contributed by atoms with Crippen LogP contribution in [0.4, 0.5) is 0 Å². The Bertz CT molecular complexity index is 1210. The second-order valence-corrected chi connectivity index (χ2v) is 8.14. The highest BCUT2D eigenvalue weighted by atomic mass is 79.9. The highest BCUT2D eigenvalue weighted by molar-refractivity contribution is 9.10. The molecule has 2 amide bonds. The van der Waals surface area contributed by atoms with Gasteiger partial charge in [0, 0.05) is 20.6 Å². The van der Waals surface area contributed by atoms with Crippen LogP contribution < -0.4 is 20.2 Å². The summed E-state index contributed by atoms with van der Waals surface area (Å²) in [6, 6.07) is 17.7. The summed E-state index contributed by atoms with van der Waals surface area (Å²) in [6.07, 6.45) is 1.33. The normalized spacial score (nSPS) is 10.6. The van der Waals surface area contributed by atoms with Crippen LogP contribution in [0.15, 0.2) is 76.3 Å². The van der Waals surface area contributed by atoms with E-state index in [1.165, 1.54) is 13.3 Å². The van der Waals surface area contributed by atoms with Gasteiger partial charge in [0.2, 0.25) is 0 Å². The van der Waals surface area contributed by atoms with E-state index in [0.29, 0.717) is 27.5 Å². The number of carbonyl (C=O) groups is 3. The Morgan fingerprint density at radius 2 is 1.68 bits per heavy atom. The van der Waals surface area contributed by atoms with Crippen LogP contribution >= 0.6 is 27.5 Å². The third kappa shape index (κ3) is 7.16. The number of esters is 1. The van der Waals surface area contributed by atoms with Crippen molar-refractivity contribution in [2.24, 2.45) is 5.10 Å². The fraction of sp³-hybridized carbons (Fsp3) is 0.0833. The minimum absolute atomic E-state index is 0.244. The maximum Gasteiger partial charge on any atom is 0.343 e. The van der Waals surface area contributed by atoms with Crippen LogP contribution in [0, 0.1) is 0 Å². The summed E-state index contributed by atoms with van der Waals surface area (Å²) in [5, 5.41) is 6.89. The van der Waals surface area contributed by atoms with Crippen LogP contribution in [0.3, 0.4) is 0 Å². The molecule has 0 atom stereocenters. The van der Waals surface area contributed by atoms with Crippen molar-refractivity contribution in [1.29, 1.82) is 0 Å². The number of benzene rings is 3. The van der Waals surface area contributed by atoms with E-state index in [2.05, 4.69) is 31.8 Å². The summed E-state index contributed by atoms with van der Waals surface area (Å²) in [6.45, 7) is -0.279. The number of halogens is 2. The van der Waals surface area contributed by atoms with Gasteiger partial charge >= 0.3 is 5.97 Å². The van der Waals surface area contributed by atoms with Crippen molar-refractivity contribution in [3.05, 3.63) is 92.9 Å². The standard InChI is InChI=1S/C24H19BrClN3O5/c1-33-20-9-4-15(5-10-20)23(31)27-14-22(30)29-28-13-17-12-18(25)6-11-21(17)34-24(32)16-2-7-19(26)8-3-16/h2-13H,14H2,1H3,(H,27,31)(H,29,30)/b28-13-. The molecule has 0 unspecified atom stereocenters. The van der Waals surface area contributed by atoms with Gasteiger partial charge in [-0.25, -0.2) is 10.2 Å². The SMILES string of the molecule is COc1ccc(C(=O)NCC(=O)N/N=C\c2cc(Br)ccc2OC(=O)c2ccc(Cl)cc2)cc1. The molecule has 0 aliphatic carbocycles. The van der Waals surface area contributed by atoms with Gasteiger partial charge in [0.1, 0.15) is 11.5 Å². The number of hydrazone groups is 1. The highest BCUT2D eigenvalue weighted by Crippen LogP contribution is 2.23. The molecule has 10 heteroatoms. The van der Waals surface area contributed by atoms with Crippen molar-refractivity contribution in [3.8, 4) is 11.5 Å². The molecule has 2 N–H and O–H groups in total. The molecule has 3 aromatic carbocycles. The number of hydrogen-bond donors (Lipinski definition) is 2. The van der Waals surface area contributed by atoms with E-state index in [-0.39, 0.29) is 12.3 Å². The number of methoxy groups -OCH3 is 1. The summed E-state index contributed by atoms with van der Waals surface area (Å²) in [5.41, 5.74) is 3.48. The lowest BCUT2D eigenvalue weighted by molar-refractivity contribution is -0.120. The summed E-state index contributed by atoms with van der Waals surface area (Å²) in [7, 11) is 1.53. The fourth-order valence-electron chi connectivity index (χ4n) is 2.68. The van der Waals surface area contributed by atoms with Crippen LogP contribution in [-0.2, 0) is 4.79 Å². The molecule has 3 rings (SSSR count). The molecule has 174 valence electrons. The lowest BCUT2D eigenvalue weighted by atomic mass is 10.2. The highest BCUT2D eigenvalue weighted by Gasteiger charge is 2.12. The number of rotatable bonds is 8. The van der Waals surface area contributed by atoms with Crippen LogP contribution in [0.1, 0.15) is 26.3 Å². The molecule has 0 saturated carbocycles. The monoisotopic (exact) mass is 543 g/mol. The Morgan fingerprint density at radius 3 is 2.35 bits per heavy atom. The average molecular weight is 545 g/mol. The third-order valence-corrected chi connectivity index (χ3v) is 5.15. The Morgan fingerprint density at radius 1 is 1.00 bits per heavy atom. The van der Waals surface area contributed by atoms with Gasteiger partial charge in [0.15, 0.2) is 0 Å². The molecular formula is C24H19BrClN3O5. The molecule has 0 spiro atoms. The molecule has 3 aromatic rings. The third-order valence-electron chi connectivity index (χ3n) is 4.41. The molecule has 0 fully saturated rings. The summed E-state index contributed by atoms with van der Waals surface area (Å²) < 4.78 is 11.2. The number of carbonyl (C=O) groups excluding carboxylic acids is 3. The van der Waals surface area contributed by atoms with Gasteiger partial charge in [0.25, 0.3) is 11.8 Å². The molecular weight excluding hydrogens is 526 g/mol. The first-order chi connectivity index (χ1) is 16.4. The number of hydrogen-bond acceptors (Lipinski definition) is 6. The Hall–Kier alpha value is -3.69. The van der Waals surface area contributed by atoms with Gasteiger partial charge < -0.3 is 14.8 Å². The Labute approximate surface area is 209 Å². The summed E-state index contributed by atoms with van der Waals surface area (Å²) in [5.74, 6) is -0.653. The van der Waals surface area contributed by atoms with E-state index in [0.717, 1.165) is 4.47 Å². The molecule has 0 heterocycles. The second-order valence-electron chi connectivity index (χ2n) is 6.78. The largest absolute Gasteiger partial charge is 0.497 e. The number of nitrogens with zero attached hydrogens (tertiary/aromatic N) is 1. The van der Waals surface area contributed by atoms with Crippen molar-refractivity contribution >= 4 is 51.5 Å². The first-order valence-electron chi connectivity index (χ1n) is 9.87. The zero-order valence-electron chi connectivity index (χ0n) is 17.9. The average Bonchev–Trinajstić information content (AvgIpc) is 2.84. The van der Waals surface area contributed by atoms with E-state index in [9.17, 15) is 14.4 Å². The Kier molecular flexibility index (Phi) is 8.78. The molecule has 0 bridgehead atoms. The van der Waals surface area contributed by atoms with Crippen molar-refractivity contribution in [2.75, 3.05) is 13.7 Å². The van der Waals surface area contributed by atoms with Crippen molar-refractivity contribution < 1.29 is 23.9 Å². The van der Waals surface area contributed by atoms with Gasteiger partial charge in [-0.15, -0.1) is 0 Å². The molecule has 0 aromatic heterocycles. The quantitative estimate of drug-likeness (QED) is 0.191. The number of nitrogens with one attached hydrogen (secondary N) is 2. The van der Waals surface area contributed by atoms with E-state index in [1.807, 2.05) is 0 Å². The Balaban J connectivity index is 1.57. The predicted octanol–water partition coefficient (Wildman–Crippen LogP) is 4.21. The van der Waals surface area contributed by atoms with E-state index in [4.69, 9.17) is 21.1 Å². The van der Waals surface area contributed by atoms with Gasteiger partial charge in [-0.1, -0.05) is 27.5 Å². The topological polar surface area (TPSA) is 106 Å². The van der Waals surface area contributed by atoms with E-state index in [1.54, 1.807) is 66.7 Å². The lowest BCUT2D eigenvalue weighted by Gasteiger charge is -2.08. The first kappa shape index (κ1) is 24.9. The fourth-order valence-corrected chi connectivity index (χ4v) is 3.18. The molecule has 0 radical (unpaired) electrons. The predicted molar refractivity (Wildman–Crippen MR) is 132 cm³/mol. The maximum absolute atomic E-state index is 12.4. The van der Waals surface area contributed by atoms with Gasteiger partial charge in [-0.3, -0.25) is 9.59 Å². The molecule has 0 aliphatic heterocycles. The van der Waals surface area contributed by atoms with Crippen LogP contribution in [0.25, 0.3) is 0 Å². The van der Waals surface area contributed by atoms with Crippen molar-refractivity contribution in [3.63, 3.8) is 0 Å². The number of amides is 2. The minimum Gasteiger partial charge on any atom is -0.497 e. The van der Waals surface area contributed by atoms with Gasteiger partial charge in [-0.2, -0.15) is 5.10 Å². The smallest absolute Gasteiger partial charge is 0.343 e. The van der Waals surface area contributed by atoms with Gasteiger partial charge in [-0.05, 0) is 66.7 Å². The van der Waals surface area contributed by atoms with E-state index >= 15 is 0 Å². The van der Waals surface area contributed by atoms with Crippen molar-refractivity contribution in [1.82, 2.24) is 10.7 Å². The number of ether oxygens (including phenoxy) is 2. The van der Waals surface area contributed by atoms with Crippen molar-refractivity contribution in [2.45, 2.75) is 0 Å². The second kappa shape index (κ2) is 12.0. The minimum atomic E-state index is -0.570. The zero-order chi connectivity index (χ0) is 24.5. The summed E-state index contributed by atoms with van der Waals surface area (Å²) in [4.78, 5) is 36.6. The lowest BCUT2D eigenvalue weighted by Crippen LogP contribution is -2.34. The maximum atomic E-state index is 12.4. The molecule has 0 aliphatic rings. The first-order valence-corrected chi connectivity index (χ1v) is 11.0. The van der Waals surface area contributed by atoms with Gasteiger partial charge in [0.05, 0.1) is 25.4 Å². The van der Waals surface area contributed by atoms with Crippen LogP contribution in [0.2, 0.25) is 5.02 Å². The van der Waals surface area contributed by atoms with E-state index < -0.39 is 17.8 Å². The molecule has 34 heavy (non-hydrogen) atoms. The zero-order valence-corrected chi connectivity index (χ0v) is 20.2.